The van der Waals surface area contributed by atoms with E-state index in [0.717, 1.165) is 0 Å². The van der Waals surface area contributed by atoms with E-state index < -0.39 is 5.60 Å². The summed E-state index contributed by atoms with van der Waals surface area (Å²) in [6, 6.07) is 3.15. The van der Waals surface area contributed by atoms with Crippen molar-refractivity contribution < 1.29 is 14.3 Å². The van der Waals surface area contributed by atoms with Crippen LogP contribution in [-0.2, 0) is 4.74 Å². The number of carbonyl (C=O) groups excluding carboxylic acids is 2. The van der Waals surface area contributed by atoms with Gasteiger partial charge in [0.15, 0.2) is 10.8 Å². The molecule has 1 fully saturated rings. The maximum absolute atomic E-state index is 12.4. The van der Waals surface area contributed by atoms with Crippen LogP contribution in [0.5, 0.6) is 0 Å². The third-order valence-corrected chi connectivity index (χ3v) is 4.04. The van der Waals surface area contributed by atoms with Gasteiger partial charge < -0.3 is 14.5 Å². The second kappa shape index (κ2) is 7.34. The highest BCUT2D eigenvalue weighted by Crippen LogP contribution is 2.19. The van der Waals surface area contributed by atoms with Gasteiger partial charge in [0.05, 0.1) is 0 Å². The topological polar surface area (TPSA) is 75.6 Å². The van der Waals surface area contributed by atoms with E-state index in [1.807, 2.05) is 20.8 Å². The summed E-state index contributed by atoms with van der Waals surface area (Å²) in [5.74, 6) is -0.199. The summed E-state index contributed by atoms with van der Waals surface area (Å²) in [7, 11) is 1.74. The number of halogens is 1. The number of aromatic nitrogens is 2. The lowest BCUT2D eigenvalue weighted by atomic mass is 10.0. The fraction of sp³-hybridized carbons (Fsp3) is 0.625. The smallest absolute Gasteiger partial charge is 0.410 e. The zero-order valence-corrected chi connectivity index (χ0v) is 15.2. The van der Waals surface area contributed by atoms with Crippen LogP contribution in [0.3, 0.4) is 0 Å². The number of piperidine rings is 1. The first-order chi connectivity index (χ1) is 11.2. The van der Waals surface area contributed by atoms with E-state index in [2.05, 4.69) is 10.2 Å². The molecule has 1 aliphatic heterocycles. The average molecular weight is 355 g/mol. The van der Waals surface area contributed by atoms with Crippen molar-refractivity contribution in [1.82, 2.24) is 20.0 Å². The summed E-state index contributed by atoms with van der Waals surface area (Å²) in [6.45, 7) is 6.65. The van der Waals surface area contributed by atoms with Gasteiger partial charge in [-0.05, 0) is 45.7 Å². The zero-order valence-electron chi connectivity index (χ0n) is 14.5. The van der Waals surface area contributed by atoms with Crippen molar-refractivity contribution in [2.45, 2.75) is 45.3 Å². The van der Waals surface area contributed by atoms with Gasteiger partial charge in [0, 0.05) is 26.2 Å². The number of hydrogen-bond donors (Lipinski definition) is 0. The van der Waals surface area contributed by atoms with Crippen molar-refractivity contribution in [2.24, 2.45) is 0 Å². The molecule has 1 aliphatic rings. The molecule has 2 amide bonds. The van der Waals surface area contributed by atoms with Crippen LogP contribution in [0.2, 0.25) is 5.15 Å². The van der Waals surface area contributed by atoms with Gasteiger partial charge >= 0.3 is 6.09 Å². The van der Waals surface area contributed by atoms with Crippen molar-refractivity contribution in [3.63, 3.8) is 0 Å². The number of likely N-dealkylation sites (tertiary alicyclic amines) is 1. The van der Waals surface area contributed by atoms with E-state index in [-0.39, 0.29) is 28.9 Å². The Hall–Kier alpha value is -1.89. The first kappa shape index (κ1) is 18.4. The molecule has 0 aliphatic carbocycles. The normalized spacial score (nSPS) is 16.0. The van der Waals surface area contributed by atoms with Crippen LogP contribution in [0.4, 0.5) is 4.79 Å². The van der Waals surface area contributed by atoms with Gasteiger partial charge in [-0.2, -0.15) is 0 Å². The van der Waals surface area contributed by atoms with Crippen LogP contribution < -0.4 is 0 Å². The molecular weight excluding hydrogens is 332 g/mol. The van der Waals surface area contributed by atoms with Crippen molar-refractivity contribution in [3.05, 3.63) is 23.0 Å². The summed E-state index contributed by atoms with van der Waals surface area (Å²) < 4.78 is 5.38. The third kappa shape index (κ3) is 4.80. The second-order valence-corrected chi connectivity index (χ2v) is 7.24. The number of carbonyl (C=O) groups is 2. The number of ether oxygens (including phenoxy) is 1. The molecule has 1 saturated heterocycles. The molecule has 0 bridgehead atoms. The maximum atomic E-state index is 12.4. The standard InChI is InChI=1S/C16H23ClN4O3/c1-16(2,3)24-15(23)21-9-7-11(8-10-21)20(4)14(22)12-5-6-13(17)19-18-12/h5-6,11H,7-10H2,1-4H3. The van der Waals surface area contributed by atoms with Crippen LogP contribution in [0, 0.1) is 0 Å². The van der Waals surface area contributed by atoms with Crippen molar-refractivity contribution in [1.29, 1.82) is 0 Å². The molecule has 7 nitrogen and oxygen atoms in total. The minimum absolute atomic E-state index is 0.0497. The molecule has 0 aromatic carbocycles. The van der Waals surface area contributed by atoms with Crippen LogP contribution in [-0.4, -0.2) is 63.8 Å². The maximum Gasteiger partial charge on any atom is 0.410 e. The summed E-state index contributed by atoms with van der Waals surface area (Å²) >= 11 is 5.69. The summed E-state index contributed by atoms with van der Waals surface area (Å²) in [4.78, 5) is 27.8. The summed E-state index contributed by atoms with van der Waals surface area (Å²) in [5.41, 5.74) is -0.245. The quantitative estimate of drug-likeness (QED) is 0.816. The second-order valence-electron chi connectivity index (χ2n) is 6.86. The Morgan fingerprint density at radius 3 is 2.38 bits per heavy atom. The molecule has 0 saturated carbocycles. The average Bonchev–Trinajstić information content (AvgIpc) is 2.53. The molecule has 0 unspecified atom stereocenters. The van der Waals surface area contributed by atoms with Gasteiger partial charge in [0.2, 0.25) is 0 Å². The van der Waals surface area contributed by atoms with E-state index >= 15 is 0 Å². The van der Waals surface area contributed by atoms with Gasteiger partial charge in [-0.3, -0.25) is 4.79 Å². The fourth-order valence-corrected chi connectivity index (χ4v) is 2.64. The van der Waals surface area contributed by atoms with E-state index in [0.29, 0.717) is 25.9 Å². The monoisotopic (exact) mass is 354 g/mol. The highest BCUT2D eigenvalue weighted by molar-refractivity contribution is 6.29. The Bertz CT molecular complexity index is 592. The molecule has 0 N–H and O–H groups in total. The van der Waals surface area contributed by atoms with Gasteiger partial charge in [-0.1, -0.05) is 11.6 Å². The molecule has 2 rings (SSSR count). The fourth-order valence-electron chi connectivity index (χ4n) is 2.54. The molecule has 0 radical (unpaired) electrons. The van der Waals surface area contributed by atoms with Gasteiger partial charge in [-0.25, -0.2) is 4.79 Å². The van der Waals surface area contributed by atoms with E-state index in [9.17, 15) is 9.59 Å². The highest BCUT2D eigenvalue weighted by Gasteiger charge is 2.30. The van der Waals surface area contributed by atoms with Crippen LogP contribution in [0.25, 0.3) is 0 Å². The van der Waals surface area contributed by atoms with E-state index in [4.69, 9.17) is 16.3 Å². The van der Waals surface area contributed by atoms with Crippen LogP contribution in [0.15, 0.2) is 12.1 Å². The Kier molecular flexibility index (Phi) is 5.64. The lowest BCUT2D eigenvalue weighted by Crippen LogP contribution is -2.48. The molecule has 8 heteroatoms. The predicted octanol–water partition coefficient (Wildman–Crippen LogP) is 2.60. The van der Waals surface area contributed by atoms with Crippen LogP contribution in [0.1, 0.15) is 44.1 Å². The number of hydrogen-bond acceptors (Lipinski definition) is 5. The Morgan fingerprint density at radius 2 is 1.88 bits per heavy atom. The molecule has 0 spiro atoms. The lowest BCUT2D eigenvalue weighted by molar-refractivity contribution is 0.0159. The van der Waals surface area contributed by atoms with Crippen LogP contribution >= 0.6 is 11.6 Å². The predicted molar refractivity (Wildman–Crippen MR) is 90.0 cm³/mol. The minimum Gasteiger partial charge on any atom is -0.444 e. The van der Waals surface area contributed by atoms with Gasteiger partial charge in [0.1, 0.15) is 5.60 Å². The van der Waals surface area contributed by atoms with Gasteiger partial charge in [-0.15, -0.1) is 10.2 Å². The first-order valence-corrected chi connectivity index (χ1v) is 8.29. The Balaban J connectivity index is 1.90. The van der Waals surface area contributed by atoms with Gasteiger partial charge in [0.25, 0.3) is 5.91 Å². The highest BCUT2D eigenvalue weighted by atomic mass is 35.5. The lowest BCUT2D eigenvalue weighted by Gasteiger charge is -2.37. The number of amides is 2. The van der Waals surface area contributed by atoms with E-state index in [1.165, 1.54) is 0 Å². The Labute approximate surface area is 146 Å². The van der Waals surface area contributed by atoms with Crippen molar-refractivity contribution in [3.8, 4) is 0 Å². The van der Waals surface area contributed by atoms with Crippen molar-refractivity contribution in [2.75, 3.05) is 20.1 Å². The summed E-state index contributed by atoms with van der Waals surface area (Å²) in [5, 5.41) is 7.77. The van der Waals surface area contributed by atoms with E-state index in [1.54, 1.807) is 29.0 Å². The SMILES string of the molecule is CN(C(=O)c1ccc(Cl)nn1)C1CCN(C(=O)OC(C)(C)C)CC1. The molecule has 24 heavy (non-hydrogen) atoms. The molecule has 1 aromatic rings. The molecule has 2 heterocycles. The molecule has 0 atom stereocenters. The number of nitrogens with zero attached hydrogens (tertiary/aromatic N) is 4. The zero-order chi connectivity index (χ0) is 17.9. The first-order valence-electron chi connectivity index (χ1n) is 7.91. The summed E-state index contributed by atoms with van der Waals surface area (Å²) in [6.07, 6.45) is 1.09. The van der Waals surface area contributed by atoms with Crippen molar-refractivity contribution >= 4 is 23.6 Å². The third-order valence-electron chi connectivity index (χ3n) is 3.84. The molecular formula is C16H23ClN4O3. The Morgan fingerprint density at radius 1 is 1.25 bits per heavy atom. The molecule has 1 aromatic heterocycles. The largest absolute Gasteiger partial charge is 0.444 e. The minimum atomic E-state index is -0.506. The number of rotatable bonds is 2. The molecule has 132 valence electrons.